The molecule has 0 unspecified atom stereocenters. The Balaban J connectivity index is 5.45. The molecule has 0 saturated heterocycles. The topological polar surface area (TPSA) is 129 Å². The Hall–Kier alpha value is -0.220. The number of rotatable bonds is 2. The zero-order chi connectivity index (χ0) is 9.50. The van der Waals surface area contributed by atoms with E-state index < -0.39 is 24.5 Å². The van der Waals surface area contributed by atoms with Crippen molar-refractivity contribution in [3.05, 3.63) is 0 Å². The Morgan fingerprint density at radius 2 is 1.18 bits per heavy atom. The van der Waals surface area contributed by atoms with Crippen molar-refractivity contribution >= 4 is 20.2 Å². The molecule has 0 radical (unpaired) electrons. The summed E-state index contributed by atoms with van der Waals surface area (Å²) >= 11 is 0. The van der Waals surface area contributed by atoms with Gasteiger partial charge in [0.2, 0.25) is 0 Å². The maximum absolute atomic E-state index is 10.1. The van der Waals surface area contributed by atoms with Gasteiger partial charge in [-0.2, -0.15) is 16.8 Å². The van der Waals surface area contributed by atoms with Gasteiger partial charge in [-0.1, -0.05) is 0 Å². The highest BCUT2D eigenvalue weighted by Crippen LogP contribution is 2.17. The van der Waals surface area contributed by atoms with Crippen LogP contribution in [-0.4, -0.2) is 35.3 Å². The van der Waals surface area contributed by atoms with Crippen molar-refractivity contribution in [3.8, 4) is 0 Å². The van der Waals surface area contributed by atoms with Crippen LogP contribution in [0.25, 0.3) is 0 Å². The van der Waals surface area contributed by atoms with E-state index in [1.54, 1.807) is 0 Å². The predicted molar refractivity (Wildman–Crippen MR) is 33.7 cm³/mol. The van der Waals surface area contributed by atoms with Gasteiger partial charge in [0.05, 0.1) is 0 Å². The molecule has 0 spiro atoms. The van der Waals surface area contributed by atoms with Gasteiger partial charge >= 0.3 is 24.5 Å². The Morgan fingerprint density at radius 3 is 1.18 bits per heavy atom. The molecule has 0 fully saturated rings. The summed E-state index contributed by atoms with van der Waals surface area (Å²) in [7, 11) is -10.5. The molecule has 0 aliphatic carbocycles. The number of aliphatic hydroxyl groups is 1. The van der Waals surface area contributed by atoms with Crippen LogP contribution in [-0.2, 0) is 20.2 Å². The van der Waals surface area contributed by atoms with Crippen molar-refractivity contribution in [1.82, 2.24) is 0 Å². The van der Waals surface area contributed by atoms with Crippen LogP contribution in [0.3, 0.4) is 0 Å². The maximum Gasteiger partial charge on any atom is 0.315 e. The summed E-state index contributed by atoms with van der Waals surface area (Å²) in [5, 5.41) is 8.51. The van der Waals surface area contributed by atoms with Crippen molar-refractivity contribution in [2.24, 2.45) is 0 Å². The smallest absolute Gasteiger partial charge is 0.315 e. The molecule has 0 aromatic carbocycles. The third-order valence-corrected chi connectivity index (χ3v) is 4.14. The highest BCUT2D eigenvalue weighted by atomic mass is 32.3. The second-order valence-electron chi connectivity index (χ2n) is 1.85. The van der Waals surface area contributed by atoms with E-state index in [0.29, 0.717) is 0 Å². The molecule has 0 atom stereocenters. The Bertz CT molecular complexity index is 297. The molecule has 0 heterocycles. The molecule has 3 N–H and O–H groups in total. The van der Waals surface area contributed by atoms with Gasteiger partial charge in [0.15, 0.2) is 0 Å². The first-order valence-corrected chi connectivity index (χ1v) is 5.04. The summed E-state index contributed by atoms with van der Waals surface area (Å²) in [5.74, 6) is 0. The molecule has 0 bridgehead atoms. The minimum atomic E-state index is -5.24. The molecule has 0 amide bonds. The van der Waals surface area contributed by atoms with Crippen LogP contribution >= 0.6 is 0 Å². The molecule has 0 aliphatic heterocycles. The molecule has 68 valence electrons. The Kier molecular flexibility index (Phi) is 2.34. The lowest BCUT2D eigenvalue weighted by Crippen LogP contribution is -2.42. The predicted octanol–water partition coefficient (Wildman–Crippen LogP) is -1.57. The van der Waals surface area contributed by atoms with Crippen LogP contribution in [0, 0.1) is 0 Å². The van der Waals surface area contributed by atoms with E-state index in [0.717, 1.165) is 0 Å². The summed E-state index contributed by atoms with van der Waals surface area (Å²) in [5.41, 5.74) is 0. The Morgan fingerprint density at radius 1 is 1.00 bits per heavy atom. The van der Waals surface area contributed by atoms with Crippen LogP contribution in [0.4, 0.5) is 0 Å². The Labute approximate surface area is 63.2 Å². The van der Waals surface area contributed by atoms with Gasteiger partial charge in [-0.15, -0.1) is 0 Å². The normalized spacial score (nSPS) is 14.9. The molecule has 0 saturated carbocycles. The number of hydrogen-bond acceptors (Lipinski definition) is 5. The molecule has 0 rings (SSSR count). The SMILES string of the molecule is CC(O)(S(=O)(=O)O)S(=O)(=O)O. The minimum absolute atomic E-state index is 0.234. The fourth-order valence-electron chi connectivity index (χ4n) is 0.133. The molecule has 7 nitrogen and oxygen atoms in total. The molecule has 9 heteroatoms. The summed E-state index contributed by atoms with van der Waals surface area (Å²) in [6.07, 6.45) is 0. The minimum Gasteiger partial charge on any atom is -0.359 e. The average Bonchev–Trinajstić information content (AvgIpc) is 1.58. The zero-order valence-electron chi connectivity index (χ0n) is 5.29. The first-order valence-electron chi connectivity index (χ1n) is 2.16. The van der Waals surface area contributed by atoms with Crippen molar-refractivity contribution in [2.45, 2.75) is 11.2 Å². The molecule has 11 heavy (non-hydrogen) atoms. The standard InChI is InChI=1S/C2H6O7S2/c1-2(3,10(4,5)6)11(7,8)9/h3H,1H3,(H,4,5,6)(H,7,8,9). The lowest BCUT2D eigenvalue weighted by Gasteiger charge is -2.14. The fourth-order valence-corrected chi connectivity index (χ4v) is 1.20. The molecule has 0 aromatic heterocycles. The molecular weight excluding hydrogens is 200 g/mol. The van der Waals surface area contributed by atoms with Crippen molar-refractivity contribution < 1.29 is 31.0 Å². The van der Waals surface area contributed by atoms with Gasteiger partial charge in [0.25, 0.3) is 0 Å². The third-order valence-electron chi connectivity index (χ3n) is 0.957. The second-order valence-corrected chi connectivity index (χ2v) is 5.60. The highest BCUT2D eigenvalue weighted by molar-refractivity contribution is 8.04. The highest BCUT2D eigenvalue weighted by Gasteiger charge is 2.48. The monoisotopic (exact) mass is 206 g/mol. The van der Waals surface area contributed by atoms with Crippen LogP contribution in [0.5, 0.6) is 0 Å². The van der Waals surface area contributed by atoms with Gasteiger partial charge < -0.3 is 5.11 Å². The summed E-state index contributed by atoms with van der Waals surface area (Å²) < 4.78 is 52.8. The van der Waals surface area contributed by atoms with Crippen molar-refractivity contribution in [1.29, 1.82) is 0 Å². The van der Waals surface area contributed by atoms with Crippen molar-refractivity contribution in [3.63, 3.8) is 0 Å². The first kappa shape index (κ1) is 10.8. The van der Waals surface area contributed by atoms with Gasteiger partial charge in [-0.25, -0.2) is 0 Å². The summed E-state index contributed by atoms with van der Waals surface area (Å²) in [4.78, 5) is 0. The fraction of sp³-hybridized carbons (Fsp3) is 1.00. The molecule has 0 aromatic rings. The largest absolute Gasteiger partial charge is 0.359 e. The van der Waals surface area contributed by atoms with Crippen LogP contribution in [0.15, 0.2) is 0 Å². The van der Waals surface area contributed by atoms with Gasteiger partial charge in [0, 0.05) is 0 Å². The van der Waals surface area contributed by atoms with E-state index in [9.17, 15) is 16.8 Å². The zero-order valence-corrected chi connectivity index (χ0v) is 6.92. The van der Waals surface area contributed by atoms with E-state index in [2.05, 4.69) is 0 Å². The first-order chi connectivity index (χ1) is 4.50. The van der Waals surface area contributed by atoms with Crippen LogP contribution in [0.2, 0.25) is 0 Å². The third kappa shape index (κ3) is 1.87. The van der Waals surface area contributed by atoms with Crippen LogP contribution in [0.1, 0.15) is 6.92 Å². The van der Waals surface area contributed by atoms with Gasteiger partial charge in [-0.05, 0) is 6.92 Å². The quantitative estimate of drug-likeness (QED) is 0.465. The lowest BCUT2D eigenvalue weighted by molar-refractivity contribution is 0.194. The van der Waals surface area contributed by atoms with Crippen molar-refractivity contribution in [2.75, 3.05) is 0 Å². The molecular formula is C2H6O7S2. The summed E-state index contributed by atoms with van der Waals surface area (Å²) in [6, 6.07) is 0. The van der Waals surface area contributed by atoms with Crippen LogP contribution < -0.4 is 0 Å². The van der Waals surface area contributed by atoms with Gasteiger partial charge in [-0.3, -0.25) is 9.11 Å². The maximum atomic E-state index is 10.1. The van der Waals surface area contributed by atoms with E-state index in [-0.39, 0.29) is 6.92 Å². The van der Waals surface area contributed by atoms with Gasteiger partial charge in [0.1, 0.15) is 0 Å². The number of hydrogen-bond donors (Lipinski definition) is 3. The molecule has 0 aliphatic rings. The average molecular weight is 206 g/mol. The second kappa shape index (κ2) is 2.38. The summed E-state index contributed by atoms with van der Waals surface area (Å²) in [6.45, 7) is 0.234. The van der Waals surface area contributed by atoms with E-state index >= 15 is 0 Å². The van der Waals surface area contributed by atoms with E-state index in [1.807, 2.05) is 0 Å². The van der Waals surface area contributed by atoms with E-state index in [1.165, 1.54) is 0 Å². The lowest BCUT2D eigenvalue weighted by atomic mass is 10.9. The van der Waals surface area contributed by atoms with E-state index in [4.69, 9.17) is 14.2 Å².